The molecule has 0 aliphatic carbocycles. The molecule has 0 aliphatic heterocycles. The van der Waals surface area contributed by atoms with Crippen LogP contribution in [0.3, 0.4) is 0 Å². The Labute approximate surface area is 204 Å². The predicted molar refractivity (Wildman–Crippen MR) is 129 cm³/mol. The average Bonchev–Trinajstić information content (AvgIpc) is 2.78. The average molecular weight is 512 g/mol. The van der Waals surface area contributed by atoms with E-state index in [1.165, 1.54) is 12.0 Å². The van der Waals surface area contributed by atoms with Gasteiger partial charge in [-0.3, -0.25) is 13.9 Å². The van der Waals surface area contributed by atoms with Crippen molar-refractivity contribution in [3.05, 3.63) is 59.7 Å². The second-order valence-electron chi connectivity index (χ2n) is 8.33. The zero-order valence-electron chi connectivity index (χ0n) is 20.4. The lowest BCUT2D eigenvalue weighted by molar-refractivity contribution is -0.140. The number of hydrogen-bond acceptors (Lipinski definition) is 5. The van der Waals surface area contributed by atoms with Gasteiger partial charge in [0.1, 0.15) is 18.3 Å². The van der Waals surface area contributed by atoms with Gasteiger partial charge in [0.2, 0.25) is 21.8 Å². The van der Waals surface area contributed by atoms with E-state index in [0.29, 0.717) is 21.7 Å². The molecule has 35 heavy (non-hydrogen) atoms. The Morgan fingerprint density at radius 3 is 2.31 bits per heavy atom. The number of nitrogens with zero attached hydrogens (tertiary/aromatic N) is 2. The van der Waals surface area contributed by atoms with Gasteiger partial charge in [-0.1, -0.05) is 19.1 Å². The summed E-state index contributed by atoms with van der Waals surface area (Å²) in [6.45, 7) is 4.59. The summed E-state index contributed by atoms with van der Waals surface area (Å²) in [5, 5.41) is 2.79. The number of anilines is 1. The van der Waals surface area contributed by atoms with E-state index in [1.54, 1.807) is 45.0 Å². The molecular weight excluding hydrogens is 480 g/mol. The molecule has 0 aromatic heterocycles. The summed E-state index contributed by atoms with van der Waals surface area (Å²) in [6, 6.07) is 8.40. The Hall–Kier alpha value is -3.21. The second kappa shape index (κ2) is 12.0. The molecule has 0 bridgehead atoms. The minimum Gasteiger partial charge on any atom is -0.497 e. The van der Waals surface area contributed by atoms with E-state index < -0.39 is 46.1 Å². The summed E-state index contributed by atoms with van der Waals surface area (Å²) in [4.78, 5) is 27.7. The number of carbonyl (C=O) groups is 2. The molecule has 1 N–H and O–H groups in total. The van der Waals surface area contributed by atoms with Crippen LogP contribution in [0, 0.1) is 11.6 Å². The lowest BCUT2D eigenvalue weighted by atomic mass is 10.1. The largest absolute Gasteiger partial charge is 0.497 e. The highest BCUT2D eigenvalue weighted by Gasteiger charge is 2.32. The maximum absolute atomic E-state index is 13.8. The van der Waals surface area contributed by atoms with Crippen LogP contribution in [-0.2, 0) is 26.2 Å². The predicted octanol–water partition coefficient (Wildman–Crippen LogP) is 3.07. The molecule has 0 aliphatic rings. The number of rotatable bonds is 11. The number of hydrogen-bond donors (Lipinski definition) is 1. The van der Waals surface area contributed by atoms with Gasteiger partial charge in [0.25, 0.3) is 0 Å². The molecule has 0 heterocycles. The summed E-state index contributed by atoms with van der Waals surface area (Å²) in [6.07, 6.45) is 1.12. The molecule has 0 saturated carbocycles. The fourth-order valence-corrected chi connectivity index (χ4v) is 4.36. The van der Waals surface area contributed by atoms with E-state index in [9.17, 15) is 26.8 Å². The molecule has 2 amide bonds. The topological polar surface area (TPSA) is 96.0 Å². The van der Waals surface area contributed by atoms with Crippen LogP contribution in [0.15, 0.2) is 42.5 Å². The second-order valence-corrected chi connectivity index (χ2v) is 10.2. The molecule has 0 radical (unpaired) electrons. The van der Waals surface area contributed by atoms with Crippen molar-refractivity contribution in [1.29, 1.82) is 0 Å². The first-order chi connectivity index (χ1) is 16.4. The van der Waals surface area contributed by atoms with Gasteiger partial charge in [0.05, 0.1) is 19.1 Å². The van der Waals surface area contributed by atoms with E-state index >= 15 is 0 Å². The number of ether oxygens (including phenoxy) is 1. The fourth-order valence-electron chi connectivity index (χ4n) is 3.52. The normalized spacial score (nSPS) is 12.2. The highest BCUT2D eigenvalue weighted by atomic mass is 32.2. The summed E-state index contributed by atoms with van der Waals surface area (Å²) in [5.74, 6) is -2.93. The van der Waals surface area contributed by atoms with Crippen LogP contribution in [0.2, 0.25) is 0 Å². The summed E-state index contributed by atoms with van der Waals surface area (Å²) in [5.41, 5.74) is 0.452. The fraction of sp³-hybridized carbons (Fsp3) is 0.417. The van der Waals surface area contributed by atoms with E-state index in [0.717, 1.165) is 18.4 Å². The first-order valence-electron chi connectivity index (χ1n) is 11.0. The molecule has 0 saturated heterocycles. The van der Waals surface area contributed by atoms with E-state index in [1.807, 2.05) is 0 Å². The number of halogens is 2. The van der Waals surface area contributed by atoms with E-state index in [-0.39, 0.29) is 24.7 Å². The molecule has 2 aromatic rings. The SMILES string of the molecule is CCC(C(=O)NC(C)C)N(Cc1cccc(OC)c1)C(=O)CN(c1ccc(F)c(F)c1)S(C)(=O)=O. The number of nitrogens with one attached hydrogen (secondary N) is 1. The van der Waals surface area contributed by atoms with Crippen molar-refractivity contribution < 1.29 is 31.5 Å². The standard InChI is InChI=1S/C24H31F2N3O5S/c1-6-22(24(31)27-16(2)3)28(14-17-8-7-9-19(12-17)34-4)23(30)15-29(35(5,32)33)18-10-11-20(25)21(26)13-18/h7-13,16,22H,6,14-15H2,1-5H3,(H,27,31). The Bertz CT molecular complexity index is 1160. The summed E-state index contributed by atoms with van der Waals surface area (Å²) < 4.78 is 58.2. The van der Waals surface area contributed by atoms with Crippen LogP contribution < -0.4 is 14.4 Å². The zero-order chi connectivity index (χ0) is 26.3. The quantitative estimate of drug-likeness (QED) is 0.500. The van der Waals surface area contributed by atoms with Crippen molar-refractivity contribution in [2.24, 2.45) is 0 Å². The minimum atomic E-state index is -4.06. The van der Waals surface area contributed by atoms with Crippen LogP contribution in [0.5, 0.6) is 5.75 Å². The van der Waals surface area contributed by atoms with Gasteiger partial charge in [0, 0.05) is 18.7 Å². The molecular formula is C24H31F2N3O5S. The van der Waals surface area contributed by atoms with Crippen molar-refractivity contribution in [2.45, 2.75) is 45.8 Å². The Morgan fingerprint density at radius 1 is 1.09 bits per heavy atom. The van der Waals surface area contributed by atoms with Gasteiger partial charge >= 0.3 is 0 Å². The minimum absolute atomic E-state index is 0.00453. The number of sulfonamides is 1. The molecule has 2 rings (SSSR count). The highest BCUT2D eigenvalue weighted by Crippen LogP contribution is 2.22. The van der Waals surface area contributed by atoms with Crippen molar-refractivity contribution in [1.82, 2.24) is 10.2 Å². The molecule has 1 unspecified atom stereocenters. The maximum Gasteiger partial charge on any atom is 0.244 e. The van der Waals surface area contributed by atoms with Gasteiger partial charge in [-0.05, 0) is 50.1 Å². The van der Waals surface area contributed by atoms with Crippen LogP contribution in [0.1, 0.15) is 32.8 Å². The number of methoxy groups -OCH3 is 1. The third-order valence-corrected chi connectivity index (χ3v) is 6.31. The van der Waals surface area contributed by atoms with Crippen LogP contribution in [-0.4, -0.2) is 57.1 Å². The van der Waals surface area contributed by atoms with Crippen molar-refractivity contribution in [2.75, 3.05) is 24.2 Å². The molecule has 192 valence electrons. The van der Waals surface area contributed by atoms with E-state index in [2.05, 4.69) is 5.32 Å². The summed E-state index contributed by atoms with van der Waals surface area (Å²) in [7, 11) is -2.56. The van der Waals surface area contributed by atoms with Gasteiger partial charge < -0.3 is 15.0 Å². The van der Waals surface area contributed by atoms with Crippen molar-refractivity contribution in [3.63, 3.8) is 0 Å². The highest BCUT2D eigenvalue weighted by molar-refractivity contribution is 7.92. The van der Waals surface area contributed by atoms with E-state index in [4.69, 9.17) is 4.74 Å². The van der Waals surface area contributed by atoms with Crippen LogP contribution in [0.4, 0.5) is 14.5 Å². The number of benzene rings is 2. The molecule has 11 heteroatoms. The van der Waals surface area contributed by atoms with Gasteiger partial charge in [-0.15, -0.1) is 0 Å². The molecule has 1 atom stereocenters. The third kappa shape index (κ3) is 7.64. The third-order valence-electron chi connectivity index (χ3n) is 5.17. The van der Waals surface area contributed by atoms with Crippen molar-refractivity contribution in [3.8, 4) is 5.75 Å². The first kappa shape index (κ1) is 28.0. The molecule has 2 aromatic carbocycles. The Kier molecular flexibility index (Phi) is 9.58. The zero-order valence-corrected chi connectivity index (χ0v) is 21.2. The van der Waals surface area contributed by atoms with Gasteiger partial charge in [0.15, 0.2) is 11.6 Å². The molecule has 0 spiro atoms. The first-order valence-corrected chi connectivity index (χ1v) is 12.9. The van der Waals surface area contributed by atoms with Crippen LogP contribution >= 0.6 is 0 Å². The lowest BCUT2D eigenvalue weighted by Crippen LogP contribution is -2.53. The molecule has 0 fully saturated rings. The van der Waals surface area contributed by atoms with Crippen LogP contribution in [0.25, 0.3) is 0 Å². The van der Waals surface area contributed by atoms with Gasteiger partial charge in [-0.2, -0.15) is 0 Å². The Morgan fingerprint density at radius 2 is 1.77 bits per heavy atom. The maximum atomic E-state index is 13.8. The number of amides is 2. The molecule has 8 nitrogen and oxygen atoms in total. The van der Waals surface area contributed by atoms with Crippen molar-refractivity contribution >= 4 is 27.5 Å². The Balaban J connectivity index is 2.47. The lowest BCUT2D eigenvalue weighted by Gasteiger charge is -2.33. The monoisotopic (exact) mass is 511 g/mol. The number of carbonyl (C=O) groups excluding carboxylic acids is 2. The van der Waals surface area contributed by atoms with Gasteiger partial charge in [-0.25, -0.2) is 17.2 Å². The smallest absolute Gasteiger partial charge is 0.244 e. The summed E-state index contributed by atoms with van der Waals surface area (Å²) >= 11 is 0.